The molecule has 0 fully saturated rings. The van der Waals surface area contributed by atoms with Gasteiger partial charge in [0.25, 0.3) is 0 Å². The van der Waals surface area contributed by atoms with E-state index in [1.807, 2.05) is 6.07 Å². The molecule has 29 heavy (non-hydrogen) atoms. The van der Waals surface area contributed by atoms with E-state index in [4.69, 9.17) is 9.47 Å². The Morgan fingerprint density at radius 2 is 1.83 bits per heavy atom. The molecule has 8 nitrogen and oxygen atoms in total. The molecule has 1 aliphatic heterocycles. The first-order chi connectivity index (χ1) is 14.1. The molecule has 0 saturated heterocycles. The number of rotatable bonds is 5. The molecule has 2 aromatic carbocycles. The van der Waals surface area contributed by atoms with Gasteiger partial charge in [0, 0.05) is 23.7 Å². The maximum atomic E-state index is 12.7. The summed E-state index contributed by atoms with van der Waals surface area (Å²) in [6.07, 6.45) is 3.27. The summed E-state index contributed by atoms with van der Waals surface area (Å²) in [4.78, 5) is 11.7. The molecule has 0 aliphatic carbocycles. The molecule has 0 atom stereocenters. The van der Waals surface area contributed by atoms with Crippen LogP contribution in [0.5, 0.6) is 11.5 Å². The highest BCUT2D eigenvalue weighted by molar-refractivity contribution is 7.89. The summed E-state index contributed by atoms with van der Waals surface area (Å²) in [5.74, 6) is 1.28. The van der Waals surface area contributed by atoms with Gasteiger partial charge in [0.2, 0.25) is 16.8 Å². The monoisotopic (exact) mass is 408 g/mol. The quantitative estimate of drug-likeness (QED) is 0.526. The standard InChI is InChI=1S/C20H16N4O4S/c25-29(26,24-10-13-1-6-17-18(9-13)28-12-27-17)15-4-2-14(3-5-15)19-16-7-8-21-20(16)23-11-22-19/h1-9,11,24H,10,12H2,(H,21,22,23). The van der Waals surface area contributed by atoms with Crippen molar-refractivity contribution in [1.82, 2.24) is 19.7 Å². The van der Waals surface area contributed by atoms with E-state index in [1.165, 1.54) is 6.33 Å². The number of benzene rings is 2. The van der Waals surface area contributed by atoms with E-state index in [1.54, 1.807) is 48.7 Å². The van der Waals surface area contributed by atoms with Gasteiger partial charge >= 0.3 is 0 Å². The van der Waals surface area contributed by atoms with Crippen LogP contribution in [0.4, 0.5) is 0 Å². The van der Waals surface area contributed by atoms with Crippen molar-refractivity contribution in [1.29, 1.82) is 0 Å². The second-order valence-electron chi connectivity index (χ2n) is 6.50. The topological polar surface area (TPSA) is 106 Å². The van der Waals surface area contributed by atoms with Gasteiger partial charge in [-0.1, -0.05) is 18.2 Å². The number of aromatic nitrogens is 3. The third-order valence-electron chi connectivity index (χ3n) is 4.70. The Morgan fingerprint density at radius 3 is 2.69 bits per heavy atom. The molecule has 0 spiro atoms. The highest BCUT2D eigenvalue weighted by Crippen LogP contribution is 2.32. The predicted octanol–water partition coefficient (Wildman–Crippen LogP) is 2.83. The predicted molar refractivity (Wildman–Crippen MR) is 106 cm³/mol. The summed E-state index contributed by atoms with van der Waals surface area (Å²) in [6.45, 7) is 0.328. The lowest BCUT2D eigenvalue weighted by Gasteiger charge is -2.09. The summed E-state index contributed by atoms with van der Waals surface area (Å²) < 4.78 is 38.5. The summed E-state index contributed by atoms with van der Waals surface area (Å²) in [6, 6.07) is 13.8. The maximum absolute atomic E-state index is 12.7. The Kier molecular flexibility index (Phi) is 4.18. The van der Waals surface area contributed by atoms with Gasteiger partial charge in [-0.15, -0.1) is 0 Å². The SMILES string of the molecule is O=S(=O)(NCc1ccc2c(c1)OCO2)c1ccc(-c2ncnc3[nH]ccc23)cc1. The highest BCUT2D eigenvalue weighted by Gasteiger charge is 2.17. The number of sulfonamides is 1. The van der Waals surface area contributed by atoms with Crippen LogP contribution in [0.25, 0.3) is 22.3 Å². The third-order valence-corrected chi connectivity index (χ3v) is 6.11. The van der Waals surface area contributed by atoms with Gasteiger partial charge in [-0.25, -0.2) is 23.1 Å². The number of ether oxygens (including phenoxy) is 2. The Balaban J connectivity index is 1.35. The average molecular weight is 408 g/mol. The van der Waals surface area contributed by atoms with E-state index in [9.17, 15) is 8.42 Å². The van der Waals surface area contributed by atoms with Crippen LogP contribution in [0.15, 0.2) is 66.0 Å². The molecular formula is C20H16N4O4S. The Bertz CT molecular complexity index is 1300. The van der Waals surface area contributed by atoms with Crippen LogP contribution in [0, 0.1) is 0 Å². The minimum absolute atomic E-state index is 0.149. The summed E-state index contributed by atoms with van der Waals surface area (Å²) in [5, 5.41) is 0.879. The fraction of sp³-hybridized carbons (Fsp3) is 0.100. The Morgan fingerprint density at radius 1 is 1.00 bits per heavy atom. The number of nitrogens with one attached hydrogen (secondary N) is 2. The second kappa shape index (κ2) is 6.87. The minimum Gasteiger partial charge on any atom is -0.454 e. The highest BCUT2D eigenvalue weighted by atomic mass is 32.2. The van der Waals surface area contributed by atoms with E-state index in [2.05, 4.69) is 19.7 Å². The molecule has 0 radical (unpaired) electrons. The van der Waals surface area contributed by atoms with E-state index < -0.39 is 10.0 Å². The summed E-state index contributed by atoms with van der Waals surface area (Å²) >= 11 is 0. The first-order valence-corrected chi connectivity index (χ1v) is 10.4. The summed E-state index contributed by atoms with van der Waals surface area (Å²) in [7, 11) is -3.66. The molecule has 9 heteroatoms. The molecule has 4 aromatic rings. The number of hydrogen-bond acceptors (Lipinski definition) is 6. The number of aromatic amines is 1. The number of H-pyrrole nitrogens is 1. The average Bonchev–Trinajstić information content (AvgIpc) is 3.41. The van der Waals surface area contributed by atoms with Crippen LogP contribution in [0.3, 0.4) is 0 Å². The van der Waals surface area contributed by atoms with Crippen molar-refractivity contribution in [3.63, 3.8) is 0 Å². The molecule has 3 heterocycles. The van der Waals surface area contributed by atoms with E-state index in [0.29, 0.717) is 11.5 Å². The molecule has 5 rings (SSSR count). The van der Waals surface area contributed by atoms with E-state index in [-0.39, 0.29) is 18.2 Å². The van der Waals surface area contributed by atoms with E-state index >= 15 is 0 Å². The third kappa shape index (κ3) is 3.30. The molecular weight excluding hydrogens is 392 g/mol. The zero-order valence-electron chi connectivity index (χ0n) is 15.1. The molecule has 146 valence electrons. The Labute approximate surface area is 166 Å². The van der Waals surface area contributed by atoms with Gasteiger partial charge < -0.3 is 14.5 Å². The maximum Gasteiger partial charge on any atom is 0.240 e. The van der Waals surface area contributed by atoms with Crippen LogP contribution in [0.1, 0.15) is 5.56 Å². The molecule has 0 amide bonds. The zero-order chi connectivity index (χ0) is 19.8. The van der Waals surface area contributed by atoms with Crippen LogP contribution < -0.4 is 14.2 Å². The van der Waals surface area contributed by atoms with Gasteiger partial charge in [0.1, 0.15) is 12.0 Å². The van der Waals surface area contributed by atoms with Crippen molar-refractivity contribution in [2.24, 2.45) is 0 Å². The summed E-state index contributed by atoms with van der Waals surface area (Å²) in [5.41, 5.74) is 3.07. The fourth-order valence-electron chi connectivity index (χ4n) is 3.21. The number of hydrogen-bond donors (Lipinski definition) is 2. The lowest BCUT2D eigenvalue weighted by atomic mass is 10.1. The largest absolute Gasteiger partial charge is 0.454 e. The molecule has 2 aromatic heterocycles. The minimum atomic E-state index is -3.66. The molecule has 0 bridgehead atoms. The van der Waals surface area contributed by atoms with Crippen molar-refractivity contribution in [2.45, 2.75) is 11.4 Å². The smallest absolute Gasteiger partial charge is 0.240 e. The van der Waals surface area contributed by atoms with Crippen LogP contribution in [-0.4, -0.2) is 30.2 Å². The van der Waals surface area contributed by atoms with Crippen molar-refractivity contribution >= 4 is 21.1 Å². The lowest BCUT2D eigenvalue weighted by molar-refractivity contribution is 0.174. The Hall–Kier alpha value is -3.43. The zero-order valence-corrected chi connectivity index (χ0v) is 15.9. The molecule has 1 aliphatic rings. The molecule has 2 N–H and O–H groups in total. The normalized spacial score (nSPS) is 13.1. The van der Waals surface area contributed by atoms with Gasteiger partial charge in [-0.3, -0.25) is 0 Å². The van der Waals surface area contributed by atoms with E-state index in [0.717, 1.165) is 27.9 Å². The van der Waals surface area contributed by atoms with Gasteiger partial charge in [-0.2, -0.15) is 0 Å². The van der Waals surface area contributed by atoms with Crippen molar-refractivity contribution in [3.8, 4) is 22.8 Å². The van der Waals surface area contributed by atoms with Crippen LogP contribution >= 0.6 is 0 Å². The first kappa shape index (κ1) is 17.7. The van der Waals surface area contributed by atoms with Gasteiger partial charge in [0.05, 0.1) is 10.6 Å². The molecule has 0 unspecified atom stereocenters. The second-order valence-corrected chi connectivity index (χ2v) is 8.27. The van der Waals surface area contributed by atoms with Gasteiger partial charge in [-0.05, 0) is 35.9 Å². The lowest BCUT2D eigenvalue weighted by Crippen LogP contribution is -2.23. The number of nitrogens with zero attached hydrogens (tertiary/aromatic N) is 2. The van der Waals surface area contributed by atoms with Crippen LogP contribution in [0.2, 0.25) is 0 Å². The molecule has 0 saturated carbocycles. The van der Waals surface area contributed by atoms with Crippen molar-refractivity contribution < 1.29 is 17.9 Å². The van der Waals surface area contributed by atoms with Crippen LogP contribution in [-0.2, 0) is 16.6 Å². The van der Waals surface area contributed by atoms with Crippen molar-refractivity contribution in [2.75, 3.05) is 6.79 Å². The first-order valence-electron chi connectivity index (χ1n) is 8.87. The van der Waals surface area contributed by atoms with Gasteiger partial charge in [0.15, 0.2) is 11.5 Å². The number of fused-ring (bicyclic) bond motifs is 2. The van der Waals surface area contributed by atoms with Crippen molar-refractivity contribution in [3.05, 3.63) is 66.6 Å². The fourth-order valence-corrected chi connectivity index (χ4v) is 4.22.